The van der Waals surface area contributed by atoms with E-state index in [-0.39, 0.29) is 30.2 Å². The number of hydrogen-bond donors (Lipinski definition) is 1. The Labute approximate surface area is 216 Å². The molecule has 0 radical (unpaired) electrons. The van der Waals surface area contributed by atoms with Crippen molar-refractivity contribution in [3.8, 4) is 0 Å². The molecule has 3 heterocycles. The van der Waals surface area contributed by atoms with Crippen molar-refractivity contribution in [3.63, 3.8) is 0 Å². The van der Waals surface area contributed by atoms with Crippen LogP contribution in [0.1, 0.15) is 33.6 Å². The van der Waals surface area contributed by atoms with Gasteiger partial charge in [0.1, 0.15) is 12.1 Å². The van der Waals surface area contributed by atoms with Gasteiger partial charge in [-0.25, -0.2) is 14.1 Å². The van der Waals surface area contributed by atoms with Crippen molar-refractivity contribution in [3.05, 3.63) is 36.9 Å². The lowest BCUT2D eigenvalue weighted by atomic mass is 9.96. The third-order valence-corrected chi connectivity index (χ3v) is 6.87. The van der Waals surface area contributed by atoms with Gasteiger partial charge in [-0.2, -0.15) is 36.6 Å². The molecule has 0 saturated carbocycles. The highest BCUT2D eigenvalue weighted by Gasteiger charge is 2.49. The first-order valence-electron chi connectivity index (χ1n) is 11.5. The lowest BCUT2D eigenvalue weighted by Gasteiger charge is -2.35. The Morgan fingerprint density at radius 2 is 1.61 bits per heavy atom. The van der Waals surface area contributed by atoms with Crippen LogP contribution in [0, 0.1) is 5.92 Å². The highest BCUT2D eigenvalue weighted by molar-refractivity contribution is 7.90. The number of ether oxygens (including phenoxy) is 1. The number of hydrogen-bond acceptors (Lipinski definition) is 8. The maximum absolute atomic E-state index is 13.0. The molecule has 1 fully saturated rings. The summed E-state index contributed by atoms with van der Waals surface area (Å²) < 4.78 is 67.3. The van der Waals surface area contributed by atoms with Crippen molar-refractivity contribution < 1.29 is 40.7 Å². The molecule has 0 unspecified atom stereocenters. The largest absolute Gasteiger partial charge is 0.517 e. The molecule has 3 amide bonds. The first kappa shape index (κ1) is 28.9. The van der Waals surface area contributed by atoms with Crippen LogP contribution in [0.4, 0.5) is 18.0 Å². The molecule has 0 bridgehead atoms. The summed E-state index contributed by atoms with van der Waals surface area (Å²) in [5, 5.41) is 8.51. The predicted molar refractivity (Wildman–Crippen MR) is 124 cm³/mol. The summed E-state index contributed by atoms with van der Waals surface area (Å²) in [6.07, 6.45) is 6.03. The minimum absolute atomic E-state index is 0.0323. The molecule has 1 aromatic heterocycles. The number of sulfonamides is 1. The number of halogens is 3. The lowest BCUT2D eigenvalue weighted by Crippen LogP contribution is -2.55. The Kier molecular flexibility index (Phi) is 8.38. The first-order valence-corrected chi connectivity index (χ1v) is 12.9. The number of nitrogens with one attached hydrogen (secondary N) is 1. The van der Waals surface area contributed by atoms with Gasteiger partial charge in [0.15, 0.2) is 0 Å². The van der Waals surface area contributed by atoms with Crippen LogP contribution >= 0.6 is 0 Å². The minimum atomic E-state index is -5.67. The van der Waals surface area contributed by atoms with Gasteiger partial charge in [-0.1, -0.05) is 0 Å². The second-order valence-corrected chi connectivity index (χ2v) is 11.3. The van der Waals surface area contributed by atoms with E-state index in [1.165, 1.54) is 17.3 Å². The fourth-order valence-corrected chi connectivity index (χ4v) is 4.30. The average molecular weight is 564 g/mol. The number of nitrogens with zero attached hydrogens (tertiary/aromatic N) is 6. The molecule has 0 atom stereocenters. The average Bonchev–Trinajstić information content (AvgIpc) is 3.33. The summed E-state index contributed by atoms with van der Waals surface area (Å²) in [5.74, 6) is -1.85. The fraction of sp³-hybridized carbons (Fsp3) is 0.571. The van der Waals surface area contributed by atoms with Crippen LogP contribution in [0.15, 0.2) is 36.9 Å². The van der Waals surface area contributed by atoms with Crippen LogP contribution < -0.4 is 5.43 Å². The number of hydrazine groups is 1. The van der Waals surface area contributed by atoms with Crippen molar-refractivity contribution >= 4 is 27.9 Å². The third kappa shape index (κ3) is 7.02. The molecule has 0 spiro atoms. The van der Waals surface area contributed by atoms with Gasteiger partial charge in [-0.05, 0) is 45.8 Å². The van der Waals surface area contributed by atoms with Crippen LogP contribution in [0.5, 0.6) is 0 Å². The van der Waals surface area contributed by atoms with Crippen LogP contribution in [0.3, 0.4) is 0 Å². The number of alkyl halides is 3. The van der Waals surface area contributed by atoms with Gasteiger partial charge in [0, 0.05) is 31.4 Å². The van der Waals surface area contributed by atoms with E-state index in [9.17, 15) is 36.0 Å². The number of likely N-dealkylation sites (tertiary alicyclic amines) is 1. The standard InChI is InChI=1S/C21H28F3N7O6S/c1-20(2,3)37-19(34)28-10-4-15(5-11-28)18(33)27-31(17(32)14-30-25-8-9-26-30)16-6-12-29(13-7-16)38(35,36)21(22,23)24/h6-9,12-13,15-16H,4-5,10-11,14H2,1-3H3,(H,27,33). The molecule has 3 rings (SSSR count). The number of carbonyl (C=O) groups is 3. The van der Waals surface area contributed by atoms with E-state index < -0.39 is 57.5 Å². The van der Waals surface area contributed by atoms with E-state index in [0.29, 0.717) is 12.4 Å². The summed E-state index contributed by atoms with van der Waals surface area (Å²) in [6, 6.07) is -1.11. The SMILES string of the molecule is CC(C)(C)OC(=O)N1CCC(C(=O)NN(C(=O)Cn2nccn2)C2C=CN(S(=O)(=O)C(F)(F)F)C=C2)CC1. The zero-order valence-corrected chi connectivity index (χ0v) is 21.6. The van der Waals surface area contributed by atoms with Gasteiger partial charge in [0.2, 0.25) is 5.91 Å². The molecular formula is C21H28F3N7O6S. The molecule has 210 valence electrons. The quantitative estimate of drug-likeness (QED) is 0.528. The van der Waals surface area contributed by atoms with Crippen LogP contribution in [0.2, 0.25) is 0 Å². The molecular weight excluding hydrogens is 535 g/mol. The zero-order valence-electron chi connectivity index (χ0n) is 20.8. The van der Waals surface area contributed by atoms with Crippen molar-refractivity contribution in [2.75, 3.05) is 13.1 Å². The number of rotatable bonds is 5. The Morgan fingerprint density at radius 1 is 1.05 bits per heavy atom. The van der Waals surface area contributed by atoms with Crippen molar-refractivity contribution in [1.29, 1.82) is 0 Å². The summed E-state index contributed by atoms with van der Waals surface area (Å²) in [5.41, 5.74) is -3.72. The molecule has 13 nitrogen and oxygen atoms in total. The Bertz CT molecular complexity index is 1170. The number of piperidine rings is 1. The van der Waals surface area contributed by atoms with Gasteiger partial charge in [0.05, 0.1) is 18.4 Å². The lowest BCUT2D eigenvalue weighted by molar-refractivity contribution is -0.145. The highest BCUT2D eigenvalue weighted by atomic mass is 32.2. The van der Waals surface area contributed by atoms with Gasteiger partial charge in [-0.15, -0.1) is 0 Å². The Balaban J connectivity index is 1.70. The number of amides is 3. The van der Waals surface area contributed by atoms with E-state index in [4.69, 9.17) is 4.74 Å². The highest BCUT2D eigenvalue weighted by Crippen LogP contribution is 2.29. The molecule has 0 aromatic carbocycles. The van der Waals surface area contributed by atoms with E-state index in [1.54, 1.807) is 20.8 Å². The van der Waals surface area contributed by atoms with E-state index in [1.807, 2.05) is 0 Å². The van der Waals surface area contributed by atoms with Gasteiger partial charge in [0.25, 0.3) is 5.91 Å². The number of carbonyl (C=O) groups excluding carboxylic acids is 3. The smallest absolute Gasteiger partial charge is 0.444 e. The first-order chi connectivity index (χ1) is 17.6. The maximum Gasteiger partial charge on any atom is 0.517 e. The molecule has 2 aliphatic rings. The van der Waals surface area contributed by atoms with Gasteiger partial charge < -0.3 is 9.64 Å². The van der Waals surface area contributed by atoms with Gasteiger partial charge in [-0.3, -0.25) is 15.0 Å². The maximum atomic E-state index is 13.0. The van der Waals surface area contributed by atoms with Crippen LogP contribution in [-0.2, 0) is 30.9 Å². The minimum Gasteiger partial charge on any atom is -0.444 e. The van der Waals surface area contributed by atoms with E-state index in [0.717, 1.165) is 22.0 Å². The summed E-state index contributed by atoms with van der Waals surface area (Å²) in [6.45, 7) is 5.29. The molecule has 1 N–H and O–H groups in total. The van der Waals surface area contributed by atoms with Crippen LogP contribution in [-0.4, -0.2) is 85.8 Å². The van der Waals surface area contributed by atoms with Crippen LogP contribution in [0.25, 0.3) is 0 Å². The second-order valence-electron chi connectivity index (χ2n) is 9.50. The van der Waals surface area contributed by atoms with Gasteiger partial charge >= 0.3 is 21.6 Å². The Hall–Kier alpha value is -3.63. The summed E-state index contributed by atoms with van der Waals surface area (Å²) >= 11 is 0. The number of aromatic nitrogens is 3. The summed E-state index contributed by atoms with van der Waals surface area (Å²) in [7, 11) is -5.67. The normalized spacial score (nSPS) is 17.4. The van der Waals surface area contributed by atoms with Crippen molar-refractivity contribution in [2.24, 2.45) is 5.92 Å². The molecule has 17 heteroatoms. The fourth-order valence-electron chi connectivity index (χ4n) is 3.60. The molecule has 2 aliphatic heterocycles. The van der Waals surface area contributed by atoms with E-state index >= 15 is 0 Å². The molecule has 1 saturated heterocycles. The zero-order chi connectivity index (χ0) is 28.3. The molecule has 38 heavy (non-hydrogen) atoms. The predicted octanol–water partition coefficient (Wildman–Crippen LogP) is 1.35. The van der Waals surface area contributed by atoms with Crippen molar-refractivity contribution in [2.45, 2.75) is 57.3 Å². The monoisotopic (exact) mass is 563 g/mol. The van der Waals surface area contributed by atoms with Crippen molar-refractivity contribution in [1.82, 2.24) is 34.6 Å². The van der Waals surface area contributed by atoms with E-state index in [2.05, 4.69) is 15.6 Å². The second kappa shape index (κ2) is 11.0. The molecule has 0 aliphatic carbocycles. The molecule has 1 aromatic rings. The Morgan fingerprint density at radius 3 is 2.11 bits per heavy atom. The topological polar surface area (TPSA) is 147 Å². The summed E-state index contributed by atoms with van der Waals surface area (Å²) in [4.78, 5) is 40.8. The third-order valence-electron chi connectivity index (χ3n) is 5.49.